The fourth-order valence-electron chi connectivity index (χ4n) is 2.23. The Kier molecular flexibility index (Phi) is 3.44. The van der Waals surface area contributed by atoms with Gasteiger partial charge >= 0.3 is 0 Å². The second-order valence-corrected chi connectivity index (χ2v) is 4.89. The van der Waals surface area contributed by atoms with Gasteiger partial charge in [0.25, 0.3) is 0 Å². The number of aromatic nitrogens is 2. The number of benzene rings is 2. The van der Waals surface area contributed by atoms with Gasteiger partial charge in [-0.25, -0.2) is 4.98 Å². The molecule has 4 nitrogen and oxygen atoms in total. The van der Waals surface area contributed by atoms with Crippen molar-refractivity contribution in [2.75, 3.05) is 0 Å². The zero-order chi connectivity index (χ0) is 14.8. The van der Waals surface area contributed by atoms with E-state index in [-0.39, 0.29) is 5.75 Å². The molecule has 0 radical (unpaired) electrons. The summed E-state index contributed by atoms with van der Waals surface area (Å²) >= 11 is 0. The first kappa shape index (κ1) is 13.4. The monoisotopic (exact) mass is 280 g/mol. The van der Waals surface area contributed by atoms with Crippen molar-refractivity contribution in [1.29, 1.82) is 0 Å². The molecule has 0 spiro atoms. The van der Waals surface area contributed by atoms with E-state index in [4.69, 9.17) is 4.74 Å². The summed E-state index contributed by atoms with van der Waals surface area (Å²) in [7, 11) is 0. The number of hydrogen-bond donors (Lipinski definition) is 1. The quantitative estimate of drug-likeness (QED) is 0.788. The lowest BCUT2D eigenvalue weighted by molar-refractivity contribution is 0.459. The van der Waals surface area contributed by atoms with Crippen molar-refractivity contribution in [3.63, 3.8) is 0 Å². The van der Waals surface area contributed by atoms with E-state index < -0.39 is 0 Å². The maximum Gasteiger partial charge on any atom is 0.222 e. The number of nitrogens with zero attached hydrogens (tertiary/aromatic N) is 2. The minimum absolute atomic E-state index is 0.241. The number of fused-ring (bicyclic) bond motifs is 1. The summed E-state index contributed by atoms with van der Waals surface area (Å²) in [6.45, 7) is 3.90. The van der Waals surface area contributed by atoms with E-state index in [0.717, 1.165) is 22.9 Å². The lowest BCUT2D eigenvalue weighted by Crippen LogP contribution is -1.97. The Hall–Kier alpha value is -2.62. The molecule has 3 rings (SSSR count). The van der Waals surface area contributed by atoms with Gasteiger partial charge < -0.3 is 9.84 Å². The van der Waals surface area contributed by atoms with Gasteiger partial charge in [0.15, 0.2) is 0 Å². The summed E-state index contributed by atoms with van der Waals surface area (Å²) in [6.07, 6.45) is 0.839. The minimum Gasteiger partial charge on any atom is -0.508 e. The molecule has 1 N–H and O–H groups in total. The third kappa shape index (κ3) is 2.94. The molecule has 0 amide bonds. The van der Waals surface area contributed by atoms with Crippen LogP contribution >= 0.6 is 0 Å². The SMILES string of the molecule is CCc1cc(Oc2ccc3ccc(O)cc3c2)nc(C)n1. The van der Waals surface area contributed by atoms with Gasteiger partial charge in [0.2, 0.25) is 5.88 Å². The molecule has 0 aliphatic rings. The summed E-state index contributed by atoms with van der Waals surface area (Å²) in [5.74, 6) is 2.17. The van der Waals surface area contributed by atoms with Crippen LogP contribution in [0.5, 0.6) is 17.4 Å². The molecule has 0 fully saturated rings. The van der Waals surface area contributed by atoms with Crippen molar-refractivity contribution in [2.45, 2.75) is 20.3 Å². The predicted molar refractivity (Wildman–Crippen MR) is 81.8 cm³/mol. The Labute approximate surface area is 123 Å². The van der Waals surface area contributed by atoms with E-state index in [1.165, 1.54) is 0 Å². The molecule has 0 bridgehead atoms. The molecule has 2 aromatic carbocycles. The molecule has 0 unspecified atom stereocenters. The van der Waals surface area contributed by atoms with Gasteiger partial charge in [-0.15, -0.1) is 0 Å². The van der Waals surface area contributed by atoms with Gasteiger partial charge in [0.05, 0.1) is 0 Å². The standard InChI is InChI=1S/C17H16N2O2/c1-3-14-10-17(19-11(2)18-14)21-16-7-5-12-4-6-15(20)8-13(12)9-16/h4-10,20H,3H2,1-2H3. The van der Waals surface area contributed by atoms with Crippen LogP contribution in [0.1, 0.15) is 18.4 Å². The van der Waals surface area contributed by atoms with E-state index in [9.17, 15) is 5.11 Å². The first-order valence-electron chi connectivity index (χ1n) is 6.89. The smallest absolute Gasteiger partial charge is 0.222 e. The number of ether oxygens (including phenoxy) is 1. The molecule has 0 atom stereocenters. The number of phenols is 1. The van der Waals surface area contributed by atoms with Crippen LogP contribution in [0, 0.1) is 6.92 Å². The highest BCUT2D eigenvalue weighted by atomic mass is 16.5. The molecule has 21 heavy (non-hydrogen) atoms. The summed E-state index contributed by atoms with van der Waals surface area (Å²) in [5, 5.41) is 11.5. The van der Waals surface area contributed by atoms with Crippen molar-refractivity contribution in [1.82, 2.24) is 9.97 Å². The minimum atomic E-state index is 0.241. The highest BCUT2D eigenvalue weighted by Gasteiger charge is 2.04. The molecule has 0 aliphatic heterocycles. The Morgan fingerprint density at radius 3 is 2.62 bits per heavy atom. The topological polar surface area (TPSA) is 55.2 Å². The molecule has 0 saturated heterocycles. The molecule has 106 valence electrons. The lowest BCUT2D eigenvalue weighted by Gasteiger charge is -2.08. The van der Waals surface area contributed by atoms with E-state index in [1.807, 2.05) is 44.2 Å². The molecule has 4 heteroatoms. The van der Waals surface area contributed by atoms with Gasteiger partial charge in [-0.3, -0.25) is 0 Å². The second kappa shape index (κ2) is 5.40. The second-order valence-electron chi connectivity index (χ2n) is 4.89. The van der Waals surface area contributed by atoms with E-state index in [1.54, 1.807) is 12.1 Å². The predicted octanol–water partition coefficient (Wildman–Crippen LogP) is 4.00. The van der Waals surface area contributed by atoms with Crippen molar-refractivity contribution >= 4 is 10.8 Å². The Morgan fingerprint density at radius 2 is 1.81 bits per heavy atom. The van der Waals surface area contributed by atoms with E-state index >= 15 is 0 Å². The largest absolute Gasteiger partial charge is 0.508 e. The molecule has 0 saturated carbocycles. The molecular formula is C17H16N2O2. The Balaban J connectivity index is 1.96. The number of rotatable bonds is 3. The number of aryl methyl sites for hydroxylation is 2. The molecule has 1 heterocycles. The average molecular weight is 280 g/mol. The van der Waals surface area contributed by atoms with Gasteiger partial charge in [0.1, 0.15) is 17.3 Å². The highest BCUT2D eigenvalue weighted by Crippen LogP contribution is 2.27. The zero-order valence-electron chi connectivity index (χ0n) is 12.0. The first-order valence-corrected chi connectivity index (χ1v) is 6.89. The van der Waals surface area contributed by atoms with Crippen molar-refractivity contribution in [3.05, 3.63) is 54.0 Å². The maximum atomic E-state index is 9.55. The van der Waals surface area contributed by atoms with Crippen LogP contribution in [-0.4, -0.2) is 15.1 Å². The average Bonchev–Trinajstić information content (AvgIpc) is 2.46. The highest BCUT2D eigenvalue weighted by molar-refractivity contribution is 5.85. The summed E-state index contributed by atoms with van der Waals surface area (Å²) in [6, 6.07) is 12.8. The Morgan fingerprint density at radius 1 is 1.00 bits per heavy atom. The van der Waals surface area contributed by atoms with Crippen LogP contribution in [0.25, 0.3) is 10.8 Å². The fourth-order valence-corrected chi connectivity index (χ4v) is 2.23. The van der Waals surface area contributed by atoms with Gasteiger partial charge in [-0.05, 0) is 48.4 Å². The van der Waals surface area contributed by atoms with Crippen molar-refractivity contribution < 1.29 is 9.84 Å². The van der Waals surface area contributed by atoms with Crippen molar-refractivity contribution in [3.8, 4) is 17.4 Å². The van der Waals surface area contributed by atoms with Gasteiger partial charge in [-0.2, -0.15) is 4.98 Å². The van der Waals surface area contributed by atoms with Crippen molar-refractivity contribution in [2.24, 2.45) is 0 Å². The summed E-state index contributed by atoms with van der Waals surface area (Å²) in [5.41, 5.74) is 0.955. The van der Waals surface area contributed by atoms with Gasteiger partial charge in [0, 0.05) is 11.8 Å². The zero-order valence-corrected chi connectivity index (χ0v) is 12.0. The normalized spacial score (nSPS) is 10.8. The van der Waals surface area contributed by atoms with E-state index in [0.29, 0.717) is 17.5 Å². The maximum absolute atomic E-state index is 9.55. The molecule has 1 aromatic heterocycles. The van der Waals surface area contributed by atoms with Crippen LogP contribution in [0.3, 0.4) is 0 Å². The summed E-state index contributed by atoms with van der Waals surface area (Å²) in [4.78, 5) is 8.62. The fraction of sp³-hybridized carbons (Fsp3) is 0.176. The number of phenolic OH excluding ortho intramolecular Hbond substituents is 1. The van der Waals surface area contributed by atoms with Crippen LogP contribution < -0.4 is 4.74 Å². The molecule has 0 aliphatic carbocycles. The molecular weight excluding hydrogens is 264 g/mol. The van der Waals surface area contributed by atoms with Gasteiger partial charge in [-0.1, -0.05) is 19.1 Å². The van der Waals surface area contributed by atoms with Crippen LogP contribution in [0.15, 0.2) is 42.5 Å². The Bertz CT molecular complexity index is 800. The van der Waals surface area contributed by atoms with Crippen LogP contribution in [0.2, 0.25) is 0 Å². The van der Waals surface area contributed by atoms with Crippen LogP contribution in [-0.2, 0) is 6.42 Å². The third-order valence-corrected chi connectivity index (χ3v) is 3.25. The number of aromatic hydroxyl groups is 1. The first-order chi connectivity index (χ1) is 10.1. The van der Waals surface area contributed by atoms with E-state index in [2.05, 4.69) is 9.97 Å². The third-order valence-electron chi connectivity index (χ3n) is 3.25. The number of hydrogen-bond acceptors (Lipinski definition) is 4. The van der Waals surface area contributed by atoms with Crippen LogP contribution in [0.4, 0.5) is 0 Å². The summed E-state index contributed by atoms with van der Waals surface area (Å²) < 4.78 is 5.82. The molecule has 3 aromatic rings. The lowest BCUT2D eigenvalue weighted by atomic mass is 10.1.